The fraction of sp³-hybridized carbons (Fsp3) is 0.435. The van der Waals surface area contributed by atoms with Crippen molar-refractivity contribution >= 4 is 57.8 Å². The summed E-state index contributed by atoms with van der Waals surface area (Å²) < 4.78 is 39.1. The number of nitrogens with one attached hydrogen (secondary N) is 2. The van der Waals surface area contributed by atoms with Crippen molar-refractivity contribution in [2.45, 2.75) is 57.0 Å². The number of ether oxygens (including phenoxy) is 1. The number of amides is 1. The van der Waals surface area contributed by atoms with Gasteiger partial charge in [0.1, 0.15) is 22.7 Å². The lowest BCUT2D eigenvalue weighted by Gasteiger charge is -2.15. The summed E-state index contributed by atoms with van der Waals surface area (Å²) in [5, 5.41) is 6.44. The number of halogens is 3. The first-order chi connectivity index (χ1) is 16.7. The van der Waals surface area contributed by atoms with Crippen molar-refractivity contribution in [2.24, 2.45) is 0 Å². The number of methoxy groups -OCH3 is 1. The molecule has 1 aliphatic carbocycles. The molecule has 0 saturated heterocycles. The number of hydrogen-bond acceptors (Lipinski definition) is 8. The average Bonchev–Trinajstić information content (AvgIpc) is 3.22. The fourth-order valence-corrected chi connectivity index (χ4v) is 4.86. The highest BCUT2D eigenvalue weighted by Crippen LogP contribution is 2.40. The summed E-state index contributed by atoms with van der Waals surface area (Å²) in [6, 6.07) is 3.64. The Labute approximate surface area is 212 Å². The number of carbonyl (C=O) groups is 1. The number of anilines is 3. The minimum absolute atomic E-state index is 0.242. The predicted molar refractivity (Wildman–Crippen MR) is 138 cm³/mol. The van der Waals surface area contributed by atoms with Gasteiger partial charge in [0.25, 0.3) is 0 Å². The van der Waals surface area contributed by atoms with E-state index in [-0.39, 0.29) is 13.0 Å². The SMILES string of the molecule is CC.COc1cc(N)c(S)cc1Nc1ncnc2sc3c(c12)CCCC3.O=CNCCC(F)(F)F. The third-order valence-corrected chi connectivity index (χ3v) is 6.58. The van der Waals surface area contributed by atoms with Gasteiger partial charge in [0.05, 0.1) is 24.6 Å². The maximum Gasteiger partial charge on any atom is 0.390 e. The number of hydrogen-bond donors (Lipinski definition) is 4. The summed E-state index contributed by atoms with van der Waals surface area (Å²) in [4.78, 5) is 21.5. The van der Waals surface area contributed by atoms with E-state index < -0.39 is 12.6 Å². The number of alkyl halides is 3. The number of benzene rings is 1. The van der Waals surface area contributed by atoms with E-state index in [0.717, 1.165) is 34.6 Å². The van der Waals surface area contributed by atoms with E-state index in [9.17, 15) is 18.0 Å². The lowest BCUT2D eigenvalue weighted by Crippen LogP contribution is -2.19. The van der Waals surface area contributed by atoms with Crippen LogP contribution in [0.4, 0.5) is 30.4 Å². The van der Waals surface area contributed by atoms with Crippen molar-refractivity contribution in [1.29, 1.82) is 0 Å². The molecular weight excluding hydrogens is 499 g/mol. The van der Waals surface area contributed by atoms with Crippen LogP contribution in [0, 0.1) is 0 Å². The number of rotatable bonds is 6. The van der Waals surface area contributed by atoms with Crippen LogP contribution in [0.5, 0.6) is 5.75 Å². The Morgan fingerprint density at radius 3 is 2.60 bits per heavy atom. The maximum absolute atomic E-state index is 11.2. The molecule has 1 aromatic carbocycles. The molecule has 4 N–H and O–H groups in total. The largest absolute Gasteiger partial charge is 0.494 e. The zero-order chi connectivity index (χ0) is 26.0. The number of thiol groups is 1. The standard InChI is InChI=1S/C17H18N4OS2.C4H6F3NO.C2H6/c1-22-12-6-10(18)13(23)7-11(12)21-16-15-9-4-2-3-5-14(9)24-17(15)20-8-19-16;5-4(6,7)1-2-8-3-9;1-2/h6-8,23H,2-5,18H2,1H3,(H,19,20,21);3H,1-2H2,(H,8,9);1-2H3. The molecule has 7 nitrogen and oxygen atoms in total. The van der Waals surface area contributed by atoms with E-state index in [0.29, 0.717) is 16.3 Å². The van der Waals surface area contributed by atoms with Crippen LogP contribution >= 0.6 is 24.0 Å². The number of carbonyl (C=O) groups excluding carboxylic acids is 1. The van der Waals surface area contributed by atoms with Gasteiger partial charge in [0.2, 0.25) is 6.41 Å². The van der Waals surface area contributed by atoms with Crippen LogP contribution in [0.25, 0.3) is 10.2 Å². The molecule has 0 spiro atoms. The molecule has 1 aliphatic rings. The van der Waals surface area contributed by atoms with Crippen molar-refractivity contribution in [1.82, 2.24) is 15.3 Å². The molecular formula is C23H30F3N5O2S2. The second kappa shape index (κ2) is 13.4. The van der Waals surface area contributed by atoms with Gasteiger partial charge in [-0.2, -0.15) is 13.2 Å². The molecule has 0 unspecified atom stereocenters. The van der Waals surface area contributed by atoms with Crippen molar-refractivity contribution < 1.29 is 22.7 Å². The van der Waals surface area contributed by atoms with E-state index in [4.69, 9.17) is 10.5 Å². The van der Waals surface area contributed by atoms with Crippen LogP contribution < -0.4 is 21.1 Å². The molecule has 0 fully saturated rings. The van der Waals surface area contributed by atoms with Gasteiger partial charge in [0, 0.05) is 28.1 Å². The summed E-state index contributed by atoms with van der Waals surface area (Å²) in [5.74, 6) is 1.48. The minimum Gasteiger partial charge on any atom is -0.494 e. The number of fused-ring (bicyclic) bond motifs is 3. The van der Waals surface area contributed by atoms with Gasteiger partial charge in [0.15, 0.2) is 0 Å². The molecule has 0 atom stereocenters. The number of thiophene rings is 1. The van der Waals surface area contributed by atoms with E-state index in [2.05, 4.69) is 27.9 Å². The molecule has 0 radical (unpaired) electrons. The van der Waals surface area contributed by atoms with Crippen LogP contribution in [0.2, 0.25) is 0 Å². The Balaban J connectivity index is 0.000000335. The molecule has 2 heterocycles. The molecule has 2 aromatic heterocycles. The van der Waals surface area contributed by atoms with Gasteiger partial charge in [-0.15, -0.1) is 24.0 Å². The third-order valence-electron chi connectivity index (χ3n) is 4.99. The molecule has 1 amide bonds. The average molecular weight is 530 g/mol. The highest BCUT2D eigenvalue weighted by atomic mass is 32.1. The molecule has 35 heavy (non-hydrogen) atoms. The number of aromatic nitrogens is 2. The normalized spacial score (nSPS) is 12.4. The second-order valence-electron chi connectivity index (χ2n) is 7.29. The first kappa shape index (κ1) is 28.5. The van der Waals surface area contributed by atoms with Gasteiger partial charge < -0.3 is 21.1 Å². The predicted octanol–water partition coefficient (Wildman–Crippen LogP) is 5.90. The summed E-state index contributed by atoms with van der Waals surface area (Å²) in [6.07, 6.45) is 1.42. The lowest BCUT2D eigenvalue weighted by molar-refractivity contribution is -0.134. The molecule has 0 aliphatic heterocycles. The summed E-state index contributed by atoms with van der Waals surface area (Å²) >= 11 is 6.19. The number of nitrogens with two attached hydrogens (primary N) is 1. The summed E-state index contributed by atoms with van der Waals surface area (Å²) in [7, 11) is 1.63. The summed E-state index contributed by atoms with van der Waals surface area (Å²) in [6.45, 7) is 3.66. The van der Waals surface area contributed by atoms with Crippen molar-refractivity contribution in [3.63, 3.8) is 0 Å². The van der Waals surface area contributed by atoms with Gasteiger partial charge >= 0.3 is 6.18 Å². The highest BCUT2D eigenvalue weighted by molar-refractivity contribution is 7.80. The van der Waals surface area contributed by atoms with Gasteiger partial charge in [-0.05, 0) is 37.3 Å². The van der Waals surface area contributed by atoms with Crippen LogP contribution in [0.15, 0.2) is 23.4 Å². The summed E-state index contributed by atoms with van der Waals surface area (Å²) in [5.41, 5.74) is 8.69. The van der Waals surface area contributed by atoms with Crippen LogP contribution in [0.1, 0.15) is 43.6 Å². The lowest BCUT2D eigenvalue weighted by atomic mass is 9.97. The molecule has 192 valence electrons. The van der Waals surface area contributed by atoms with E-state index in [1.54, 1.807) is 30.8 Å². The quantitative estimate of drug-likeness (QED) is 0.137. The fourth-order valence-electron chi connectivity index (χ4n) is 3.44. The smallest absolute Gasteiger partial charge is 0.390 e. The van der Waals surface area contributed by atoms with Crippen molar-refractivity contribution in [2.75, 3.05) is 24.7 Å². The van der Waals surface area contributed by atoms with Crippen LogP contribution in [0.3, 0.4) is 0 Å². The maximum atomic E-state index is 11.2. The number of nitrogen functional groups attached to an aromatic ring is 1. The van der Waals surface area contributed by atoms with Crippen molar-refractivity contribution in [3.05, 3.63) is 28.9 Å². The Morgan fingerprint density at radius 1 is 1.23 bits per heavy atom. The topological polar surface area (TPSA) is 102 Å². The third kappa shape index (κ3) is 7.89. The van der Waals surface area contributed by atoms with Crippen LogP contribution in [-0.4, -0.2) is 36.2 Å². The van der Waals surface area contributed by atoms with Gasteiger partial charge in [-0.1, -0.05) is 13.8 Å². The Morgan fingerprint density at radius 2 is 1.94 bits per heavy atom. The molecule has 0 saturated carbocycles. The molecule has 3 aromatic rings. The Kier molecular flexibility index (Phi) is 10.9. The zero-order valence-electron chi connectivity index (χ0n) is 19.8. The molecule has 4 rings (SSSR count). The monoisotopic (exact) mass is 529 g/mol. The second-order valence-corrected chi connectivity index (χ2v) is 8.85. The molecule has 12 heteroatoms. The first-order valence-corrected chi connectivity index (χ1v) is 12.4. The van der Waals surface area contributed by atoms with E-state index in [1.165, 1.54) is 23.3 Å². The van der Waals surface area contributed by atoms with Gasteiger partial charge in [-0.3, -0.25) is 4.79 Å². The Bertz CT molecular complexity index is 1120. The van der Waals surface area contributed by atoms with Gasteiger partial charge in [-0.25, -0.2) is 9.97 Å². The number of nitrogens with zero attached hydrogens (tertiary/aromatic N) is 2. The first-order valence-electron chi connectivity index (χ1n) is 11.2. The van der Waals surface area contributed by atoms with Crippen LogP contribution in [-0.2, 0) is 17.6 Å². The minimum atomic E-state index is -4.17. The zero-order valence-corrected chi connectivity index (χ0v) is 21.5. The van der Waals surface area contributed by atoms with E-state index >= 15 is 0 Å². The number of aryl methyl sites for hydroxylation is 2. The molecule has 0 bridgehead atoms. The Hall–Kier alpha value is -2.73. The van der Waals surface area contributed by atoms with Crippen molar-refractivity contribution in [3.8, 4) is 5.75 Å². The van der Waals surface area contributed by atoms with E-state index in [1.807, 2.05) is 25.2 Å². The highest BCUT2D eigenvalue weighted by Gasteiger charge is 2.25.